The van der Waals surface area contributed by atoms with Crippen LogP contribution in [0.2, 0.25) is 5.02 Å². The van der Waals surface area contributed by atoms with E-state index in [9.17, 15) is 0 Å². The standard InChI is InChI=1S/C17H16ClNS2/c1-19-15(11-21-16-8-3-2-7-14(16)18)13-6-4-5-12-9-10-20-17(12)13/h2-10,15,19H,11H2,1H3. The zero-order valence-corrected chi connectivity index (χ0v) is 14.1. The fourth-order valence-corrected chi connectivity index (χ4v) is 4.70. The lowest BCUT2D eigenvalue weighted by Gasteiger charge is -2.17. The molecule has 0 saturated heterocycles. The largest absolute Gasteiger partial charge is 0.312 e. The van der Waals surface area contributed by atoms with Gasteiger partial charge in [-0.3, -0.25) is 0 Å². The van der Waals surface area contributed by atoms with Crippen LogP contribution in [0.15, 0.2) is 58.8 Å². The van der Waals surface area contributed by atoms with E-state index in [1.165, 1.54) is 15.6 Å². The van der Waals surface area contributed by atoms with Crippen LogP contribution in [0.3, 0.4) is 0 Å². The van der Waals surface area contributed by atoms with Crippen molar-refractivity contribution in [2.45, 2.75) is 10.9 Å². The van der Waals surface area contributed by atoms with Gasteiger partial charge in [0, 0.05) is 21.4 Å². The summed E-state index contributed by atoms with van der Waals surface area (Å²) >= 11 is 9.84. The third-order valence-electron chi connectivity index (χ3n) is 3.48. The highest BCUT2D eigenvalue weighted by Gasteiger charge is 2.14. The van der Waals surface area contributed by atoms with Crippen LogP contribution in [-0.4, -0.2) is 12.8 Å². The van der Waals surface area contributed by atoms with Gasteiger partial charge in [-0.25, -0.2) is 0 Å². The first-order valence-electron chi connectivity index (χ1n) is 6.80. The Morgan fingerprint density at radius 3 is 2.81 bits per heavy atom. The van der Waals surface area contributed by atoms with E-state index >= 15 is 0 Å². The number of hydrogen-bond acceptors (Lipinski definition) is 3. The summed E-state index contributed by atoms with van der Waals surface area (Å²) in [5.74, 6) is 0.956. The van der Waals surface area contributed by atoms with Crippen LogP contribution < -0.4 is 5.32 Å². The van der Waals surface area contributed by atoms with Crippen molar-refractivity contribution in [2.24, 2.45) is 0 Å². The molecule has 0 saturated carbocycles. The Morgan fingerprint density at radius 1 is 1.14 bits per heavy atom. The lowest BCUT2D eigenvalue weighted by molar-refractivity contribution is 0.667. The summed E-state index contributed by atoms with van der Waals surface area (Å²) < 4.78 is 1.37. The number of benzene rings is 2. The van der Waals surface area contributed by atoms with E-state index in [0.29, 0.717) is 6.04 Å². The van der Waals surface area contributed by atoms with Crippen LogP contribution in [0.25, 0.3) is 10.1 Å². The van der Waals surface area contributed by atoms with Gasteiger partial charge < -0.3 is 5.32 Å². The highest BCUT2D eigenvalue weighted by atomic mass is 35.5. The van der Waals surface area contributed by atoms with Gasteiger partial charge in [0.2, 0.25) is 0 Å². The molecule has 0 aliphatic rings. The van der Waals surface area contributed by atoms with Gasteiger partial charge in [0.15, 0.2) is 0 Å². The Balaban J connectivity index is 1.82. The summed E-state index contributed by atoms with van der Waals surface area (Å²) in [7, 11) is 2.02. The number of nitrogens with one attached hydrogen (secondary N) is 1. The highest BCUT2D eigenvalue weighted by Crippen LogP contribution is 2.34. The number of halogens is 1. The fourth-order valence-electron chi connectivity index (χ4n) is 2.35. The Bertz CT molecular complexity index is 738. The fraction of sp³-hybridized carbons (Fsp3) is 0.176. The molecule has 0 bridgehead atoms. The first-order chi connectivity index (χ1) is 10.3. The molecule has 3 aromatic rings. The van der Waals surface area contributed by atoms with Crippen LogP contribution in [0.4, 0.5) is 0 Å². The Morgan fingerprint density at radius 2 is 2.00 bits per heavy atom. The smallest absolute Gasteiger partial charge is 0.0541 e. The van der Waals surface area contributed by atoms with Gasteiger partial charge in [0.1, 0.15) is 0 Å². The molecule has 0 amide bonds. The first-order valence-corrected chi connectivity index (χ1v) is 9.04. The van der Waals surface area contributed by atoms with Gasteiger partial charge in [-0.05, 0) is 41.6 Å². The van der Waals surface area contributed by atoms with Gasteiger partial charge in [-0.1, -0.05) is 41.9 Å². The van der Waals surface area contributed by atoms with Crippen LogP contribution in [0, 0.1) is 0 Å². The lowest BCUT2D eigenvalue weighted by Crippen LogP contribution is -2.18. The van der Waals surface area contributed by atoms with Crippen LogP contribution >= 0.6 is 34.7 Å². The Kier molecular flexibility index (Phi) is 4.86. The minimum Gasteiger partial charge on any atom is -0.312 e. The van der Waals surface area contributed by atoms with Crippen molar-refractivity contribution >= 4 is 44.8 Å². The number of thioether (sulfide) groups is 1. The monoisotopic (exact) mass is 333 g/mol. The second-order valence-electron chi connectivity index (χ2n) is 4.77. The molecule has 108 valence electrons. The van der Waals surface area contributed by atoms with E-state index in [-0.39, 0.29) is 0 Å². The minimum atomic E-state index is 0.314. The first kappa shape index (κ1) is 14.9. The maximum absolute atomic E-state index is 6.24. The van der Waals surface area contributed by atoms with E-state index in [1.807, 2.05) is 36.6 Å². The minimum absolute atomic E-state index is 0.314. The molecular formula is C17H16ClNS2. The molecule has 21 heavy (non-hydrogen) atoms. The summed E-state index contributed by atoms with van der Waals surface area (Å²) in [5, 5.41) is 7.73. The Labute approximate surface area is 138 Å². The van der Waals surface area contributed by atoms with Gasteiger partial charge in [0.05, 0.1) is 5.02 Å². The summed E-state index contributed by atoms with van der Waals surface area (Å²) in [6.07, 6.45) is 0. The summed E-state index contributed by atoms with van der Waals surface area (Å²) in [6, 6.07) is 17.0. The molecule has 0 radical (unpaired) electrons. The number of thiophene rings is 1. The maximum Gasteiger partial charge on any atom is 0.0541 e. The molecule has 1 nitrogen and oxygen atoms in total. The molecule has 1 unspecified atom stereocenters. The third kappa shape index (κ3) is 3.27. The van der Waals surface area contributed by atoms with Gasteiger partial charge >= 0.3 is 0 Å². The Hall–Kier alpha value is -1.00. The van der Waals surface area contributed by atoms with Crippen molar-refractivity contribution in [2.75, 3.05) is 12.8 Å². The van der Waals surface area contributed by atoms with Crippen molar-refractivity contribution in [1.29, 1.82) is 0 Å². The predicted octanol–water partition coefficient (Wildman–Crippen LogP) is 5.61. The molecule has 0 fully saturated rings. The summed E-state index contributed by atoms with van der Waals surface area (Å²) in [6.45, 7) is 0. The molecule has 1 aromatic heterocycles. The van der Waals surface area contributed by atoms with E-state index < -0.39 is 0 Å². The van der Waals surface area contributed by atoms with E-state index in [2.05, 4.69) is 41.0 Å². The summed E-state index contributed by atoms with van der Waals surface area (Å²) in [5.41, 5.74) is 1.37. The van der Waals surface area contributed by atoms with Crippen LogP contribution in [0.5, 0.6) is 0 Å². The predicted molar refractivity (Wildman–Crippen MR) is 95.8 cm³/mol. The second-order valence-corrected chi connectivity index (χ2v) is 7.15. The molecule has 4 heteroatoms. The normalized spacial score (nSPS) is 12.7. The van der Waals surface area contributed by atoms with Crippen molar-refractivity contribution in [3.8, 4) is 0 Å². The molecule has 1 N–H and O–H groups in total. The van der Waals surface area contributed by atoms with E-state index in [4.69, 9.17) is 11.6 Å². The zero-order chi connectivity index (χ0) is 14.7. The highest BCUT2D eigenvalue weighted by molar-refractivity contribution is 7.99. The second kappa shape index (κ2) is 6.84. The van der Waals surface area contributed by atoms with Crippen molar-refractivity contribution in [3.63, 3.8) is 0 Å². The average molecular weight is 334 g/mol. The molecular weight excluding hydrogens is 318 g/mol. The average Bonchev–Trinajstić information content (AvgIpc) is 2.98. The number of hydrogen-bond donors (Lipinski definition) is 1. The van der Waals surface area contributed by atoms with Gasteiger partial charge in [-0.2, -0.15) is 0 Å². The zero-order valence-electron chi connectivity index (χ0n) is 11.7. The van der Waals surface area contributed by atoms with Gasteiger partial charge in [0.25, 0.3) is 0 Å². The molecule has 3 rings (SSSR count). The molecule has 0 aliphatic heterocycles. The SMILES string of the molecule is CNC(CSc1ccccc1Cl)c1cccc2ccsc12. The van der Waals surface area contributed by atoms with Crippen molar-refractivity contribution < 1.29 is 0 Å². The van der Waals surface area contributed by atoms with Gasteiger partial charge in [-0.15, -0.1) is 23.1 Å². The molecule has 2 aromatic carbocycles. The van der Waals surface area contributed by atoms with Crippen molar-refractivity contribution in [1.82, 2.24) is 5.32 Å². The quantitative estimate of drug-likeness (QED) is 0.609. The lowest BCUT2D eigenvalue weighted by atomic mass is 10.1. The molecule has 0 spiro atoms. The third-order valence-corrected chi connectivity index (χ3v) is 6.06. The number of fused-ring (bicyclic) bond motifs is 1. The summed E-state index contributed by atoms with van der Waals surface area (Å²) in [4.78, 5) is 1.14. The van der Waals surface area contributed by atoms with E-state index in [1.54, 1.807) is 11.8 Å². The molecule has 1 heterocycles. The van der Waals surface area contributed by atoms with Crippen molar-refractivity contribution in [3.05, 3.63) is 64.5 Å². The topological polar surface area (TPSA) is 12.0 Å². The molecule has 1 atom stereocenters. The number of rotatable bonds is 5. The van der Waals surface area contributed by atoms with Crippen LogP contribution in [0.1, 0.15) is 11.6 Å². The maximum atomic E-state index is 6.24. The molecule has 0 aliphatic carbocycles. The van der Waals surface area contributed by atoms with Crippen LogP contribution in [-0.2, 0) is 0 Å². The van der Waals surface area contributed by atoms with E-state index in [0.717, 1.165) is 15.7 Å².